The van der Waals surface area contributed by atoms with E-state index in [-0.39, 0.29) is 11.5 Å². The number of amides is 1. The molecule has 1 aromatic carbocycles. The molecule has 0 radical (unpaired) electrons. The van der Waals surface area contributed by atoms with Gasteiger partial charge in [-0.1, -0.05) is 30.0 Å². The van der Waals surface area contributed by atoms with Gasteiger partial charge in [-0.2, -0.15) is 4.99 Å². The number of hydrogen-bond donors (Lipinski definition) is 0. The van der Waals surface area contributed by atoms with Crippen molar-refractivity contribution in [2.24, 2.45) is 4.99 Å². The topological polar surface area (TPSA) is 51.4 Å². The number of hydrogen-bond acceptors (Lipinski definition) is 3. The fourth-order valence-corrected chi connectivity index (χ4v) is 2.48. The molecule has 84 valence electrons. The first-order chi connectivity index (χ1) is 8.22. The van der Waals surface area contributed by atoms with E-state index in [1.807, 2.05) is 18.2 Å². The van der Waals surface area contributed by atoms with E-state index in [9.17, 15) is 9.59 Å². The van der Waals surface area contributed by atoms with Crippen LogP contribution < -0.4 is 5.56 Å². The molecule has 5 heteroatoms. The van der Waals surface area contributed by atoms with E-state index >= 15 is 0 Å². The smallest absolute Gasteiger partial charge is 0.268 e. The maximum Gasteiger partial charge on any atom is 0.296 e. The minimum atomic E-state index is -0.350. The maximum absolute atomic E-state index is 12.3. The Balaban J connectivity index is 2.47. The Morgan fingerprint density at radius 3 is 2.76 bits per heavy atom. The predicted octanol–water partition coefficient (Wildman–Crippen LogP) is 1.72. The Hall–Kier alpha value is -1.88. The van der Waals surface area contributed by atoms with E-state index < -0.39 is 0 Å². The van der Waals surface area contributed by atoms with Crippen LogP contribution >= 0.6 is 11.8 Å². The second-order valence-corrected chi connectivity index (χ2v) is 4.43. The van der Waals surface area contributed by atoms with Gasteiger partial charge in [-0.3, -0.25) is 9.59 Å². The molecule has 0 aliphatic carbocycles. The number of aliphatic imine (C=N–C) groups is 1. The molecule has 0 atom stereocenters. The van der Waals surface area contributed by atoms with Crippen molar-refractivity contribution in [2.75, 3.05) is 6.26 Å². The van der Waals surface area contributed by atoms with Crippen LogP contribution in [0.15, 0.2) is 40.1 Å². The van der Waals surface area contributed by atoms with Crippen molar-refractivity contribution in [1.82, 2.24) is 4.57 Å². The highest BCUT2D eigenvalue weighted by atomic mass is 32.2. The van der Waals surface area contributed by atoms with Gasteiger partial charge in [-0.25, -0.2) is 4.57 Å². The molecule has 0 saturated carbocycles. The fourth-order valence-electron chi connectivity index (χ4n) is 1.94. The molecule has 3 rings (SSSR count). The van der Waals surface area contributed by atoms with Crippen LogP contribution in [0.5, 0.6) is 0 Å². The molecule has 1 aliphatic rings. The van der Waals surface area contributed by atoms with Crippen molar-refractivity contribution in [3.05, 3.63) is 46.4 Å². The highest BCUT2D eigenvalue weighted by Crippen LogP contribution is 2.19. The molecule has 0 fully saturated rings. The molecular weight excluding hydrogens is 236 g/mol. The summed E-state index contributed by atoms with van der Waals surface area (Å²) in [5.41, 5.74) is 0.162. The van der Waals surface area contributed by atoms with Crippen LogP contribution in [0.25, 0.3) is 10.8 Å². The Kier molecular flexibility index (Phi) is 2.16. The van der Waals surface area contributed by atoms with Gasteiger partial charge in [-0.05, 0) is 23.8 Å². The molecule has 0 N–H and O–H groups in total. The third-order valence-corrected chi connectivity index (χ3v) is 3.36. The lowest BCUT2D eigenvalue weighted by molar-refractivity contribution is 0.100. The number of carbonyl (C=O) groups excluding carboxylic acids is 1. The lowest BCUT2D eigenvalue weighted by atomic mass is 10.1. The molecule has 0 saturated heterocycles. The Bertz CT molecular complexity index is 731. The number of carbonyl (C=O) groups is 1. The van der Waals surface area contributed by atoms with E-state index in [1.54, 1.807) is 18.4 Å². The van der Waals surface area contributed by atoms with Gasteiger partial charge in [-0.15, -0.1) is 0 Å². The summed E-state index contributed by atoms with van der Waals surface area (Å²) in [7, 11) is 0. The zero-order chi connectivity index (χ0) is 12.0. The van der Waals surface area contributed by atoms with Gasteiger partial charge in [0.15, 0.2) is 5.17 Å². The summed E-state index contributed by atoms with van der Waals surface area (Å²) in [5.74, 6) is -0.350. The molecule has 0 unspecified atom stereocenters. The van der Waals surface area contributed by atoms with Crippen LogP contribution in [0.3, 0.4) is 0 Å². The molecule has 0 bridgehead atoms. The van der Waals surface area contributed by atoms with Crippen molar-refractivity contribution < 1.29 is 4.79 Å². The van der Waals surface area contributed by atoms with Crippen molar-refractivity contribution in [2.45, 2.75) is 0 Å². The van der Waals surface area contributed by atoms with Crippen molar-refractivity contribution in [3.8, 4) is 0 Å². The molecule has 1 aromatic heterocycles. The number of rotatable bonds is 0. The number of benzene rings is 1. The average molecular weight is 244 g/mol. The van der Waals surface area contributed by atoms with E-state index in [2.05, 4.69) is 4.99 Å². The molecule has 4 nitrogen and oxygen atoms in total. The summed E-state index contributed by atoms with van der Waals surface area (Å²) < 4.78 is 1.38. The highest BCUT2D eigenvalue weighted by Gasteiger charge is 2.24. The van der Waals surface area contributed by atoms with Crippen LogP contribution in [0.1, 0.15) is 10.5 Å². The number of thioether (sulfide) groups is 1. The van der Waals surface area contributed by atoms with Crippen LogP contribution in [0, 0.1) is 0 Å². The first-order valence-corrected chi connectivity index (χ1v) is 6.27. The second kappa shape index (κ2) is 3.56. The predicted molar refractivity (Wildman–Crippen MR) is 68.9 cm³/mol. The Morgan fingerprint density at radius 2 is 2.00 bits per heavy atom. The van der Waals surface area contributed by atoms with Crippen LogP contribution in [-0.4, -0.2) is 21.9 Å². The van der Waals surface area contributed by atoms with Gasteiger partial charge < -0.3 is 0 Å². The van der Waals surface area contributed by atoms with E-state index in [0.29, 0.717) is 16.2 Å². The molecule has 17 heavy (non-hydrogen) atoms. The highest BCUT2D eigenvalue weighted by molar-refractivity contribution is 8.13. The van der Waals surface area contributed by atoms with Crippen molar-refractivity contribution in [1.29, 1.82) is 0 Å². The maximum atomic E-state index is 12.3. The first kappa shape index (κ1) is 10.3. The zero-order valence-corrected chi connectivity index (χ0v) is 9.82. The molecule has 2 heterocycles. The normalized spacial score (nSPS) is 13.9. The van der Waals surface area contributed by atoms with Crippen LogP contribution in [0.2, 0.25) is 0 Å². The minimum absolute atomic E-state index is 0.183. The van der Waals surface area contributed by atoms with E-state index in [1.165, 1.54) is 16.3 Å². The van der Waals surface area contributed by atoms with Gasteiger partial charge >= 0.3 is 0 Å². The quantitative estimate of drug-likeness (QED) is 0.709. The molecular formula is C12H8N2O2S. The third kappa shape index (κ3) is 1.36. The lowest BCUT2D eigenvalue weighted by Gasteiger charge is -2.05. The van der Waals surface area contributed by atoms with Gasteiger partial charge in [0, 0.05) is 5.39 Å². The second-order valence-electron chi connectivity index (χ2n) is 3.66. The zero-order valence-electron chi connectivity index (χ0n) is 9.01. The summed E-state index contributed by atoms with van der Waals surface area (Å²) in [4.78, 5) is 27.8. The third-order valence-electron chi connectivity index (χ3n) is 2.72. The van der Waals surface area contributed by atoms with Gasteiger partial charge in [0.25, 0.3) is 11.5 Å². The Morgan fingerprint density at radius 1 is 1.24 bits per heavy atom. The van der Waals surface area contributed by atoms with Crippen LogP contribution in [-0.2, 0) is 0 Å². The number of aromatic nitrogens is 1. The van der Waals surface area contributed by atoms with E-state index in [0.717, 1.165) is 5.39 Å². The molecule has 2 aromatic rings. The molecule has 1 aliphatic heterocycles. The fraction of sp³-hybridized carbons (Fsp3) is 0.0833. The van der Waals surface area contributed by atoms with Crippen molar-refractivity contribution >= 4 is 33.6 Å². The average Bonchev–Trinajstić information content (AvgIpc) is 2.67. The molecule has 1 amide bonds. The van der Waals surface area contributed by atoms with E-state index in [4.69, 9.17) is 0 Å². The number of fused-ring (bicyclic) bond motifs is 2. The van der Waals surface area contributed by atoms with Crippen molar-refractivity contribution in [3.63, 3.8) is 0 Å². The summed E-state index contributed by atoms with van der Waals surface area (Å²) in [6.45, 7) is 0. The van der Waals surface area contributed by atoms with Crippen LogP contribution in [0.4, 0.5) is 0 Å². The summed E-state index contributed by atoms with van der Waals surface area (Å²) in [6.07, 6.45) is 1.79. The monoisotopic (exact) mass is 244 g/mol. The SMILES string of the molecule is CSC1=NC(=O)c2cc3ccccc3c(=O)n21. The Labute approximate surface area is 101 Å². The number of pyridine rings is 1. The summed E-state index contributed by atoms with van der Waals surface area (Å²) in [5, 5.41) is 1.82. The number of nitrogens with zero attached hydrogens (tertiary/aromatic N) is 2. The first-order valence-electron chi connectivity index (χ1n) is 5.04. The van der Waals surface area contributed by atoms with Gasteiger partial charge in [0.1, 0.15) is 5.69 Å². The summed E-state index contributed by atoms with van der Waals surface area (Å²) in [6, 6.07) is 8.94. The van der Waals surface area contributed by atoms with Gasteiger partial charge in [0.05, 0.1) is 0 Å². The summed E-state index contributed by atoms with van der Waals surface area (Å²) >= 11 is 1.29. The minimum Gasteiger partial charge on any atom is -0.268 e. The van der Waals surface area contributed by atoms with Gasteiger partial charge in [0.2, 0.25) is 0 Å². The lowest BCUT2D eigenvalue weighted by Crippen LogP contribution is -2.25. The standard InChI is InChI=1S/C12H8N2O2S/c1-17-12-13-10(15)9-6-7-4-2-3-5-8(7)11(16)14(9)12/h2-6H,1H3. The largest absolute Gasteiger partial charge is 0.296 e. The molecule has 0 spiro atoms.